The third kappa shape index (κ3) is 5.01. The van der Waals surface area contributed by atoms with Gasteiger partial charge in [0.05, 0.1) is 0 Å². The number of unbranched alkanes of at least 4 members (excludes halogenated alkanes) is 5. The maximum atomic E-state index is 3.68. The molecule has 1 rings (SSSR count). The molecule has 0 bridgehead atoms. The first kappa shape index (κ1) is 13.0. The van der Waals surface area contributed by atoms with Crippen LogP contribution in [0.1, 0.15) is 72.1 Å². The SMILES string of the molecule is CCCCCCCCNC(C)C1(C)CC1. The minimum atomic E-state index is 0.641. The maximum Gasteiger partial charge on any atom is 0.00925 e. The summed E-state index contributed by atoms with van der Waals surface area (Å²) in [4.78, 5) is 0. The predicted octanol–water partition coefficient (Wildman–Crippen LogP) is 4.13. The van der Waals surface area contributed by atoms with Gasteiger partial charge < -0.3 is 5.32 Å². The van der Waals surface area contributed by atoms with Crippen molar-refractivity contribution in [3.63, 3.8) is 0 Å². The van der Waals surface area contributed by atoms with E-state index in [1.165, 1.54) is 57.9 Å². The highest BCUT2D eigenvalue weighted by molar-refractivity contribution is 4.96. The average Bonchev–Trinajstić information content (AvgIpc) is 2.96. The van der Waals surface area contributed by atoms with Crippen LogP contribution in [0.5, 0.6) is 0 Å². The molecule has 1 nitrogen and oxygen atoms in total. The van der Waals surface area contributed by atoms with Gasteiger partial charge in [-0.3, -0.25) is 0 Å². The molecule has 1 aliphatic rings. The van der Waals surface area contributed by atoms with E-state index in [0.717, 1.165) is 6.04 Å². The lowest BCUT2D eigenvalue weighted by atomic mass is 10.0. The van der Waals surface area contributed by atoms with Gasteiger partial charge in [0.25, 0.3) is 0 Å². The molecule has 1 unspecified atom stereocenters. The minimum Gasteiger partial charge on any atom is -0.314 e. The van der Waals surface area contributed by atoms with E-state index < -0.39 is 0 Å². The first-order valence-corrected chi connectivity index (χ1v) is 6.92. The van der Waals surface area contributed by atoms with Crippen molar-refractivity contribution in [2.45, 2.75) is 78.2 Å². The van der Waals surface area contributed by atoms with Crippen molar-refractivity contribution >= 4 is 0 Å². The molecular weight excluding hydrogens is 182 g/mol. The number of hydrogen-bond donors (Lipinski definition) is 1. The van der Waals surface area contributed by atoms with Gasteiger partial charge >= 0.3 is 0 Å². The Labute approximate surface area is 96.0 Å². The van der Waals surface area contributed by atoms with Crippen molar-refractivity contribution in [1.82, 2.24) is 5.32 Å². The second kappa shape index (κ2) is 6.52. The Hall–Kier alpha value is -0.0400. The van der Waals surface area contributed by atoms with Crippen molar-refractivity contribution in [3.05, 3.63) is 0 Å². The zero-order valence-electron chi connectivity index (χ0n) is 10.9. The van der Waals surface area contributed by atoms with E-state index in [9.17, 15) is 0 Å². The maximum absolute atomic E-state index is 3.68. The van der Waals surface area contributed by atoms with Gasteiger partial charge in [-0.05, 0) is 38.1 Å². The monoisotopic (exact) mass is 211 g/mol. The molecule has 0 amide bonds. The molecule has 0 aliphatic heterocycles. The molecule has 0 radical (unpaired) electrons. The summed E-state index contributed by atoms with van der Waals surface area (Å²) in [5.41, 5.74) is 0.641. The van der Waals surface area contributed by atoms with Gasteiger partial charge in [0.1, 0.15) is 0 Å². The molecule has 1 fully saturated rings. The third-order valence-electron chi connectivity index (χ3n) is 4.06. The third-order valence-corrected chi connectivity index (χ3v) is 4.06. The van der Waals surface area contributed by atoms with E-state index in [1.54, 1.807) is 0 Å². The second-order valence-corrected chi connectivity index (χ2v) is 5.60. The van der Waals surface area contributed by atoms with Gasteiger partial charge in [-0.2, -0.15) is 0 Å². The van der Waals surface area contributed by atoms with E-state index >= 15 is 0 Å². The number of hydrogen-bond acceptors (Lipinski definition) is 1. The topological polar surface area (TPSA) is 12.0 Å². The van der Waals surface area contributed by atoms with Crippen LogP contribution in [0, 0.1) is 5.41 Å². The number of nitrogens with one attached hydrogen (secondary N) is 1. The van der Waals surface area contributed by atoms with Crippen LogP contribution < -0.4 is 5.32 Å². The zero-order valence-corrected chi connectivity index (χ0v) is 10.9. The van der Waals surface area contributed by atoms with Gasteiger partial charge in [-0.1, -0.05) is 46.0 Å². The Morgan fingerprint density at radius 2 is 1.67 bits per heavy atom. The summed E-state index contributed by atoms with van der Waals surface area (Å²) < 4.78 is 0. The van der Waals surface area contributed by atoms with Gasteiger partial charge in [-0.15, -0.1) is 0 Å². The molecule has 0 aromatic carbocycles. The second-order valence-electron chi connectivity index (χ2n) is 5.60. The lowest BCUT2D eigenvalue weighted by Crippen LogP contribution is -2.33. The largest absolute Gasteiger partial charge is 0.314 e. The Bertz CT molecular complexity index is 161. The highest BCUT2D eigenvalue weighted by Gasteiger charge is 2.41. The Balaban J connectivity index is 1.84. The molecular formula is C14H29N. The molecule has 15 heavy (non-hydrogen) atoms. The van der Waals surface area contributed by atoms with Crippen molar-refractivity contribution in [2.24, 2.45) is 5.41 Å². The van der Waals surface area contributed by atoms with Crippen LogP contribution in [0.25, 0.3) is 0 Å². The predicted molar refractivity (Wildman–Crippen MR) is 68.2 cm³/mol. The van der Waals surface area contributed by atoms with Crippen molar-refractivity contribution < 1.29 is 0 Å². The minimum absolute atomic E-state index is 0.641. The summed E-state index contributed by atoms with van der Waals surface area (Å²) in [6, 6.07) is 0.730. The summed E-state index contributed by atoms with van der Waals surface area (Å²) in [5.74, 6) is 0. The lowest BCUT2D eigenvalue weighted by molar-refractivity contribution is 0.376. The van der Waals surface area contributed by atoms with E-state index in [0.29, 0.717) is 5.41 Å². The van der Waals surface area contributed by atoms with Gasteiger partial charge in [0.2, 0.25) is 0 Å². The zero-order chi connectivity index (χ0) is 11.1. The fraction of sp³-hybridized carbons (Fsp3) is 1.00. The highest BCUT2D eigenvalue weighted by atomic mass is 14.9. The van der Waals surface area contributed by atoms with Gasteiger partial charge in [-0.25, -0.2) is 0 Å². The molecule has 0 aromatic heterocycles. The van der Waals surface area contributed by atoms with Crippen LogP contribution in [0.3, 0.4) is 0 Å². The molecule has 0 spiro atoms. The standard InChI is InChI=1S/C14H29N/c1-4-5-6-7-8-9-12-15-13(2)14(3)10-11-14/h13,15H,4-12H2,1-3H3. The van der Waals surface area contributed by atoms with E-state index in [-0.39, 0.29) is 0 Å². The molecule has 90 valence electrons. The van der Waals surface area contributed by atoms with Crippen molar-refractivity contribution in [3.8, 4) is 0 Å². The van der Waals surface area contributed by atoms with Crippen molar-refractivity contribution in [2.75, 3.05) is 6.54 Å². The number of rotatable bonds is 9. The normalized spacial score (nSPS) is 20.2. The summed E-state index contributed by atoms with van der Waals surface area (Å²) in [7, 11) is 0. The first-order valence-electron chi connectivity index (χ1n) is 6.92. The van der Waals surface area contributed by atoms with Crippen molar-refractivity contribution in [1.29, 1.82) is 0 Å². The fourth-order valence-electron chi connectivity index (χ4n) is 2.10. The van der Waals surface area contributed by atoms with Gasteiger partial charge in [0, 0.05) is 6.04 Å². The average molecular weight is 211 g/mol. The molecule has 1 heteroatoms. The van der Waals surface area contributed by atoms with Crippen LogP contribution in [0.4, 0.5) is 0 Å². The fourth-order valence-corrected chi connectivity index (χ4v) is 2.10. The Morgan fingerprint density at radius 1 is 1.07 bits per heavy atom. The van der Waals surface area contributed by atoms with E-state index in [2.05, 4.69) is 26.1 Å². The molecule has 1 N–H and O–H groups in total. The van der Waals surface area contributed by atoms with Crippen LogP contribution >= 0.6 is 0 Å². The molecule has 0 saturated heterocycles. The highest BCUT2D eigenvalue weighted by Crippen LogP contribution is 2.47. The summed E-state index contributed by atoms with van der Waals surface area (Å²) >= 11 is 0. The van der Waals surface area contributed by atoms with Crippen LogP contribution in [-0.4, -0.2) is 12.6 Å². The van der Waals surface area contributed by atoms with E-state index in [4.69, 9.17) is 0 Å². The first-order chi connectivity index (χ1) is 7.19. The Kier molecular flexibility index (Phi) is 5.66. The smallest absolute Gasteiger partial charge is 0.00925 e. The lowest BCUT2D eigenvalue weighted by Gasteiger charge is -2.20. The quantitative estimate of drug-likeness (QED) is 0.566. The van der Waals surface area contributed by atoms with Crippen LogP contribution in [0.2, 0.25) is 0 Å². The van der Waals surface area contributed by atoms with E-state index in [1.807, 2.05) is 0 Å². The summed E-state index contributed by atoms with van der Waals surface area (Å²) in [5, 5.41) is 3.68. The summed E-state index contributed by atoms with van der Waals surface area (Å²) in [6.07, 6.45) is 11.3. The molecule has 0 heterocycles. The van der Waals surface area contributed by atoms with Crippen LogP contribution in [0.15, 0.2) is 0 Å². The molecule has 0 aromatic rings. The molecule has 1 saturated carbocycles. The van der Waals surface area contributed by atoms with Gasteiger partial charge in [0.15, 0.2) is 0 Å². The molecule has 1 aliphatic carbocycles. The Morgan fingerprint density at radius 3 is 2.27 bits per heavy atom. The molecule has 1 atom stereocenters. The summed E-state index contributed by atoms with van der Waals surface area (Å²) in [6.45, 7) is 8.26. The van der Waals surface area contributed by atoms with Crippen LogP contribution in [-0.2, 0) is 0 Å².